The fourth-order valence-corrected chi connectivity index (χ4v) is 1.97. The Labute approximate surface area is 138 Å². The zero-order chi connectivity index (χ0) is 17.5. The van der Waals surface area contributed by atoms with Gasteiger partial charge in [-0.3, -0.25) is 4.79 Å². The van der Waals surface area contributed by atoms with Crippen LogP contribution in [0.1, 0.15) is 12.5 Å². The molecule has 0 aliphatic rings. The van der Waals surface area contributed by atoms with Crippen molar-refractivity contribution < 1.29 is 18.3 Å². The Morgan fingerprint density at radius 3 is 2.75 bits per heavy atom. The number of nitrogens with zero attached hydrogens (tertiary/aromatic N) is 1. The third-order valence-corrected chi connectivity index (χ3v) is 3.06. The molecule has 0 saturated carbocycles. The van der Waals surface area contributed by atoms with Gasteiger partial charge in [-0.2, -0.15) is 5.26 Å². The molecule has 0 atom stereocenters. The molecular weight excluding hydrogens is 314 g/mol. The summed E-state index contributed by atoms with van der Waals surface area (Å²) in [5.41, 5.74) is -0.157. The largest absolute Gasteiger partial charge is 0.492 e. The Morgan fingerprint density at radius 2 is 2.04 bits per heavy atom. The summed E-state index contributed by atoms with van der Waals surface area (Å²) in [6.45, 7) is 2.20. The summed E-state index contributed by atoms with van der Waals surface area (Å²) >= 11 is 0. The standard InChI is InChI=1S/C18H14F2N2O2/c1-2-24-17-6-4-3-5-16(17)22-18(23)13(11-21)9-12-10-14(19)7-8-15(12)20/h3-10H,2H2,1H3,(H,22,23)/b13-9+. The smallest absolute Gasteiger partial charge is 0.266 e. The zero-order valence-corrected chi connectivity index (χ0v) is 12.8. The molecule has 0 aliphatic carbocycles. The minimum atomic E-state index is -0.742. The quantitative estimate of drug-likeness (QED) is 0.668. The summed E-state index contributed by atoms with van der Waals surface area (Å²) in [6, 6.07) is 11.2. The second-order valence-corrected chi connectivity index (χ2v) is 4.72. The number of nitriles is 1. The molecule has 0 saturated heterocycles. The number of carbonyl (C=O) groups excluding carboxylic acids is 1. The number of benzene rings is 2. The number of para-hydroxylation sites is 2. The minimum Gasteiger partial charge on any atom is -0.492 e. The highest BCUT2D eigenvalue weighted by molar-refractivity contribution is 6.10. The number of hydrogen-bond acceptors (Lipinski definition) is 3. The molecule has 6 heteroatoms. The summed E-state index contributed by atoms with van der Waals surface area (Å²) in [5, 5.41) is 11.7. The third kappa shape index (κ3) is 4.17. The number of anilines is 1. The molecular formula is C18H14F2N2O2. The molecule has 0 radical (unpaired) electrons. The van der Waals surface area contributed by atoms with Crippen molar-refractivity contribution in [1.82, 2.24) is 0 Å². The van der Waals surface area contributed by atoms with Crippen LogP contribution >= 0.6 is 0 Å². The zero-order valence-electron chi connectivity index (χ0n) is 12.8. The monoisotopic (exact) mass is 328 g/mol. The van der Waals surface area contributed by atoms with E-state index < -0.39 is 17.5 Å². The molecule has 1 N–H and O–H groups in total. The lowest BCUT2D eigenvalue weighted by Gasteiger charge is -2.10. The van der Waals surface area contributed by atoms with E-state index in [2.05, 4.69) is 5.32 Å². The maximum atomic E-state index is 13.6. The number of rotatable bonds is 5. The normalized spacial score (nSPS) is 10.8. The maximum absolute atomic E-state index is 13.6. The van der Waals surface area contributed by atoms with Crippen LogP contribution in [0.25, 0.3) is 6.08 Å². The van der Waals surface area contributed by atoms with Gasteiger partial charge in [0.15, 0.2) is 0 Å². The second kappa shape index (κ2) is 7.88. The highest BCUT2D eigenvalue weighted by atomic mass is 19.1. The van der Waals surface area contributed by atoms with Crippen LogP contribution in [0.3, 0.4) is 0 Å². The van der Waals surface area contributed by atoms with Gasteiger partial charge in [0.25, 0.3) is 5.91 Å². The molecule has 24 heavy (non-hydrogen) atoms. The van der Waals surface area contributed by atoms with Gasteiger partial charge in [-0.25, -0.2) is 8.78 Å². The van der Waals surface area contributed by atoms with Crippen molar-refractivity contribution in [3.63, 3.8) is 0 Å². The molecule has 0 aliphatic heterocycles. The average Bonchev–Trinajstić information content (AvgIpc) is 2.57. The SMILES string of the molecule is CCOc1ccccc1NC(=O)/C(C#N)=C/c1cc(F)ccc1F. The van der Waals surface area contributed by atoms with Gasteiger partial charge in [0.1, 0.15) is 29.0 Å². The minimum absolute atomic E-state index is 0.181. The second-order valence-electron chi connectivity index (χ2n) is 4.72. The number of ether oxygens (including phenoxy) is 1. The van der Waals surface area contributed by atoms with E-state index in [4.69, 9.17) is 10.00 Å². The summed E-state index contributed by atoms with van der Waals surface area (Å²) < 4.78 is 32.2. The van der Waals surface area contributed by atoms with E-state index in [1.54, 1.807) is 37.3 Å². The van der Waals surface area contributed by atoms with Crippen molar-refractivity contribution in [3.8, 4) is 11.8 Å². The number of halogens is 2. The molecule has 2 aromatic carbocycles. The first-order valence-electron chi connectivity index (χ1n) is 7.15. The van der Waals surface area contributed by atoms with Gasteiger partial charge in [-0.15, -0.1) is 0 Å². The molecule has 0 aromatic heterocycles. The van der Waals surface area contributed by atoms with Crippen LogP contribution in [0, 0.1) is 23.0 Å². The van der Waals surface area contributed by atoms with Gasteiger partial charge in [0.05, 0.1) is 12.3 Å². The summed E-state index contributed by atoms with van der Waals surface area (Å²) in [4.78, 5) is 12.2. The maximum Gasteiger partial charge on any atom is 0.266 e. The van der Waals surface area contributed by atoms with Crippen molar-refractivity contribution in [2.75, 3.05) is 11.9 Å². The Hall–Kier alpha value is -3.20. The molecule has 2 aromatic rings. The molecule has 4 nitrogen and oxygen atoms in total. The lowest BCUT2D eigenvalue weighted by Crippen LogP contribution is -2.14. The van der Waals surface area contributed by atoms with Crippen molar-refractivity contribution in [3.05, 3.63) is 65.2 Å². The van der Waals surface area contributed by atoms with Crippen LogP contribution in [-0.2, 0) is 4.79 Å². The first-order valence-corrected chi connectivity index (χ1v) is 7.15. The van der Waals surface area contributed by atoms with Gasteiger partial charge in [-0.1, -0.05) is 12.1 Å². The number of amides is 1. The highest BCUT2D eigenvalue weighted by Crippen LogP contribution is 2.24. The van der Waals surface area contributed by atoms with Crippen LogP contribution in [-0.4, -0.2) is 12.5 Å². The van der Waals surface area contributed by atoms with E-state index in [1.807, 2.05) is 0 Å². The first kappa shape index (κ1) is 17.2. The van der Waals surface area contributed by atoms with Gasteiger partial charge in [0, 0.05) is 5.56 Å². The van der Waals surface area contributed by atoms with Gasteiger partial charge in [0.2, 0.25) is 0 Å². The Bertz CT molecular complexity index is 826. The fraction of sp³-hybridized carbons (Fsp3) is 0.111. The molecule has 0 fully saturated rings. The molecule has 0 spiro atoms. The van der Waals surface area contributed by atoms with Crippen LogP contribution in [0.4, 0.5) is 14.5 Å². The summed E-state index contributed by atoms with van der Waals surface area (Å²) in [7, 11) is 0. The van der Waals surface area contributed by atoms with Crippen molar-refractivity contribution in [2.45, 2.75) is 6.92 Å². The van der Waals surface area contributed by atoms with Gasteiger partial charge >= 0.3 is 0 Å². The predicted molar refractivity (Wildman–Crippen MR) is 86.2 cm³/mol. The Balaban J connectivity index is 2.29. The average molecular weight is 328 g/mol. The highest BCUT2D eigenvalue weighted by Gasteiger charge is 2.13. The molecule has 0 unspecified atom stereocenters. The van der Waals surface area contributed by atoms with Gasteiger partial charge < -0.3 is 10.1 Å². The van der Waals surface area contributed by atoms with Crippen LogP contribution in [0.15, 0.2) is 48.0 Å². The van der Waals surface area contributed by atoms with Crippen LogP contribution in [0.5, 0.6) is 5.75 Å². The molecule has 0 heterocycles. The summed E-state index contributed by atoms with van der Waals surface area (Å²) in [6.07, 6.45) is 0.997. The first-order chi connectivity index (χ1) is 11.5. The van der Waals surface area contributed by atoms with Crippen LogP contribution in [0.2, 0.25) is 0 Å². The van der Waals surface area contributed by atoms with E-state index in [9.17, 15) is 13.6 Å². The van der Waals surface area contributed by atoms with Crippen molar-refractivity contribution in [1.29, 1.82) is 5.26 Å². The molecule has 122 valence electrons. The topological polar surface area (TPSA) is 62.1 Å². The van der Waals surface area contributed by atoms with E-state index in [0.717, 1.165) is 24.3 Å². The van der Waals surface area contributed by atoms with E-state index >= 15 is 0 Å². The van der Waals surface area contributed by atoms with Crippen LogP contribution < -0.4 is 10.1 Å². The number of nitrogens with one attached hydrogen (secondary N) is 1. The molecule has 1 amide bonds. The molecule has 2 rings (SSSR count). The Kier molecular flexibility index (Phi) is 5.63. The fourth-order valence-electron chi connectivity index (χ4n) is 1.97. The van der Waals surface area contributed by atoms with E-state index in [1.165, 1.54) is 0 Å². The van der Waals surface area contributed by atoms with Crippen molar-refractivity contribution in [2.24, 2.45) is 0 Å². The number of hydrogen-bond donors (Lipinski definition) is 1. The lowest BCUT2D eigenvalue weighted by atomic mass is 10.1. The van der Waals surface area contributed by atoms with E-state index in [-0.39, 0.29) is 11.1 Å². The number of carbonyl (C=O) groups is 1. The lowest BCUT2D eigenvalue weighted by molar-refractivity contribution is -0.112. The molecule has 0 bridgehead atoms. The Morgan fingerprint density at radius 1 is 1.29 bits per heavy atom. The third-order valence-electron chi connectivity index (χ3n) is 3.06. The van der Waals surface area contributed by atoms with Crippen molar-refractivity contribution >= 4 is 17.7 Å². The predicted octanol–water partition coefficient (Wildman–Crippen LogP) is 3.91. The van der Waals surface area contributed by atoms with Gasteiger partial charge in [-0.05, 0) is 43.3 Å². The van der Waals surface area contributed by atoms with E-state index in [0.29, 0.717) is 18.0 Å². The summed E-state index contributed by atoms with van der Waals surface area (Å²) in [5.74, 6) is -1.69.